The lowest BCUT2D eigenvalue weighted by molar-refractivity contribution is 0.310. The van der Waals surface area contributed by atoms with E-state index in [0.29, 0.717) is 12.4 Å². The molecule has 0 atom stereocenters. The smallest absolute Gasteiger partial charge is 0.244 e. The zero-order chi connectivity index (χ0) is 14.7. The van der Waals surface area contributed by atoms with Crippen LogP contribution in [-0.2, 0) is 10.0 Å². The van der Waals surface area contributed by atoms with E-state index in [1.807, 2.05) is 27.7 Å². The SMILES string of the molecule is CCNc1ccc(S(=O)(=O)N(C)CC(C)(C)C)cn1. The molecule has 0 aromatic carbocycles. The third kappa shape index (κ3) is 4.47. The quantitative estimate of drug-likeness (QED) is 0.900. The lowest BCUT2D eigenvalue weighted by atomic mass is 9.97. The summed E-state index contributed by atoms with van der Waals surface area (Å²) < 4.78 is 26.1. The third-order valence-corrected chi connectivity index (χ3v) is 4.29. The van der Waals surface area contributed by atoms with E-state index in [2.05, 4.69) is 10.3 Å². The van der Waals surface area contributed by atoms with E-state index in [0.717, 1.165) is 6.54 Å². The summed E-state index contributed by atoms with van der Waals surface area (Å²) >= 11 is 0. The Balaban J connectivity index is 2.93. The average molecular weight is 285 g/mol. The van der Waals surface area contributed by atoms with Crippen molar-refractivity contribution in [3.63, 3.8) is 0 Å². The highest BCUT2D eigenvalue weighted by Crippen LogP contribution is 2.20. The Morgan fingerprint density at radius 3 is 2.37 bits per heavy atom. The molecule has 0 aliphatic rings. The molecule has 0 spiro atoms. The molecule has 0 saturated heterocycles. The summed E-state index contributed by atoms with van der Waals surface area (Å²) in [6, 6.07) is 3.26. The summed E-state index contributed by atoms with van der Waals surface area (Å²) in [5.41, 5.74) is -0.0844. The first kappa shape index (κ1) is 15.9. The van der Waals surface area contributed by atoms with Gasteiger partial charge in [0.05, 0.1) is 0 Å². The summed E-state index contributed by atoms with van der Waals surface area (Å²) in [5, 5.41) is 3.03. The Labute approximate surface area is 116 Å². The summed E-state index contributed by atoms with van der Waals surface area (Å²) in [6.45, 7) is 9.19. The molecule has 108 valence electrons. The molecule has 0 amide bonds. The van der Waals surface area contributed by atoms with Crippen molar-refractivity contribution in [3.05, 3.63) is 18.3 Å². The highest BCUT2D eigenvalue weighted by molar-refractivity contribution is 7.89. The monoisotopic (exact) mass is 285 g/mol. The standard InChI is InChI=1S/C13H23N3O2S/c1-6-14-12-8-7-11(9-15-12)19(17,18)16(5)10-13(2,3)4/h7-9H,6,10H2,1-5H3,(H,14,15). The summed E-state index contributed by atoms with van der Waals surface area (Å²) in [4.78, 5) is 4.32. The highest BCUT2D eigenvalue weighted by Gasteiger charge is 2.25. The Kier molecular flexibility index (Phi) is 4.92. The first-order valence-electron chi connectivity index (χ1n) is 6.33. The third-order valence-electron chi connectivity index (χ3n) is 2.50. The molecule has 0 saturated carbocycles. The Bertz CT molecular complexity index is 504. The van der Waals surface area contributed by atoms with Gasteiger partial charge in [0, 0.05) is 26.3 Å². The van der Waals surface area contributed by atoms with Crippen LogP contribution in [-0.4, -0.2) is 37.8 Å². The predicted octanol–water partition coefficient (Wildman–Crippen LogP) is 2.18. The van der Waals surface area contributed by atoms with Gasteiger partial charge in [-0.1, -0.05) is 20.8 Å². The topological polar surface area (TPSA) is 62.3 Å². The molecule has 5 nitrogen and oxygen atoms in total. The van der Waals surface area contributed by atoms with Crippen LogP contribution in [0.3, 0.4) is 0 Å². The fourth-order valence-electron chi connectivity index (χ4n) is 1.75. The van der Waals surface area contributed by atoms with Gasteiger partial charge in [0.15, 0.2) is 0 Å². The van der Waals surface area contributed by atoms with Crippen LogP contribution in [0.1, 0.15) is 27.7 Å². The molecule has 1 N–H and O–H groups in total. The minimum absolute atomic E-state index is 0.0844. The van der Waals surface area contributed by atoms with Crippen molar-refractivity contribution in [3.8, 4) is 0 Å². The number of aromatic nitrogens is 1. The van der Waals surface area contributed by atoms with Gasteiger partial charge < -0.3 is 5.32 Å². The average Bonchev–Trinajstić information content (AvgIpc) is 2.28. The van der Waals surface area contributed by atoms with Crippen molar-refractivity contribution in [2.75, 3.05) is 25.5 Å². The number of sulfonamides is 1. The van der Waals surface area contributed by atoms with Gasteiger partial charge in [-0.3, -0.25) is 0 Å². The molecule has 0 aliphatic carbocycles. The number of nitrogens with zero attached hydrogens (tertiary/aromatic N) is 2. The number of hydrogen-bond donors (Lipinski definition) is 1. The molecule has 0 radical (unpaired) electrons. The van der Waals surface area contributed by atoms with E-state index in [1.165, 1.54) is 10.5 Å². The van der Waals surface area contributed by atoms with Gasteiger partial charge in [-0.2, -0.15) is 0 Å². The molecule has 6 heteroatoms. The minimum atomic E-state index is -3.46. The van der Waals surface area contributed by atoms with Crippen LogP contribution in [0.2, 0.25) is 0 Å². The van der Waals surface area contributed by atoms with Gasteiger partial charge in [0.1, 0.15) is 10.7 Å². The Hall–Kier alpha value is -1.14. The number of pyridine rings is 1. The zero-order valence-electron chi connectivity index (χ0n) is 12.3. The Morgan fingerprint density at radius 2 is 1.95 bits per heavy atom. The van der Waals surface area contributed by atoms with Crippen molar-refractivity contribution in [1.29, 1.82) is 0 Å². The van der Waals surface area contributed by atoms with Crippen LogP contribution in [0.4, 0.5) is 5.82 Å². The second-order valence-electron chi connectivity index (χ2n) is 5.73. The molecular weight excluding hydrogens is 262 g/mol. The van der Waals surface area contributed by atoms with E-state index in [9.17, 15) is 8.42 Å². The van der Waals surface area contributed by atoms with E-state index in [-0.39, 0.29) is 10.3 Å². The summed E-state index contributed by atoms with van der Waals surface area (Å²) in [7, 11) is -1.86. The number of anilines is 1. The molecule has 0 aliphatic heterocycles. The molecule has 1 aromatic heterocycles. The maximum atomic E-state index is 12.3. The van der Waals surface area contributed by atoms with Crippen molar-refractivity contribution in [2.24, 2.45) is 5.41 Å². The van der Waals surface area contributed by atoms with Gasteiger partial charge in [0.2, 0.25) is 10.0 Å². The summed E-state index contributed by atoms with van der Waals surface area (Å²) in [6.07, 6.45) is 1.40. The maximum absolute atomic E-state index is 12.3. The predicted molar refractivity (Wildman–Crippen MR) is 77.7 cm³/mol. The van der Waals surface area contributed by atoms with Gasteiger partial charge in [-0.05, 0) is 24.5 Å². The van der Waals surface area contributed by atoms with Crippen LogP contribution in [0.25, 0.3) is 0 Å². The number of rotatable bonds is 5. The largest absolute Gasteiger partial charge is 0.370 e. The first-order valence-corrected chi connectivity index (χ1v) is 7.77. The van der Waals surface area contributed by atoms with Crippen molar-refractivity contribution in [1.82, 2.24) is 9.29 Å². The lowest BCUT2D eigenvalue weighted by Crippen LogP contribution is -2.34. The van der Waals surface area contributed by atoms with Gasteiger partial charge in [-0.15, -0.1) is 0 Å². The van der Waals surface area contributed by atoms with Crippen molar-refractivity contribution >= 4 is 15.8 Å². The second kappa shape index (κ2) is 5.88. The van der Waals surface area contributed by atoms with Crippen LogP contribution in [0.5, 0.6) is 0 Å². The molecule has 0 bridgehead atoms. The molecule has 1 rings (SSSR count). The lowest BCUT2D eigenvalue weighted by Gasteiger charge is -2.26. The van der Waals surface area contributed by atoms with Crippen molar-refractivity contribution < 1.29 is 8.42 Å². The van der Waals surface area contributed by atoms with Crippen molar-refractivity contribution in [2.45, 2.75) is 32.6 Å². The maximum Gasteiger partial charge on any atom is 0.244 e. The van der Waals surface area contributed by atoms with Gasteiger partial charge >= 0.3 is 0 Å². The summed E-state index contributed by atoms with van der Waals surface area (Å²) in [5.74, 6) is 0.680. The number of nitrogens with one attached hydrogen (secondary N) is 1. The fourth-order valence-corrected chi connectivity index (χ4v) is 3.09. The van der Waals surface area contributed by atoms with Crippen LogP contribution < -0.4 is 5.32 Å². The highest BCUT2D eigenvalue weighted by atomic mass is 32.2. The fraction of sp³-hybridized carbons (Fsp3) is 0.615. The van der Waals surface area contributed by atoms with Crippen LogP contribution in [0, 0.1) is 5.41 Å². The first-order chi connectivity index (χ1) is 8.66. The van der Waals surface area contributed by atoms with E-state index in [4.69, 9.17) is 0 Å². The molecule has 0 fully saturated rings. The molecule has 19 heavy (non-hydrogen) atoms. The van der Waals surface area contributed by atoms with Gasteiger partial charge in [-0.25, -0.2) is 17.7 Å². The van der Waals surface area contributed by atoms with E-state index in [1.54, 1.807) is 19.2 Å². The molecule has 1 heterocycles. The normalized spacial score (nSPS) is 12.7. The minimum Gasteiger partial charge on any atom is -0.370 e. The van der Waals surface area contributed by atoms with Gasteiger partial charge in [0.25, 0.3) is 0 Å². The van der Waals surface area contributed by atoms with Crippen LogP contribution in [0.15, 0.2) is 23.2 Å². The second-order valence-corrected chi connectivity index (χ2v) is 7.78. The molecular formula is C13H23N3O2S. The molecule has 1 aromatic rings. The number of hydrogen-bond acceptors (Lipinski definition) is 4. The Morgan fingerprint density at radius 1 is 1.32 bits per heavy atom. The molecule has 0 unspecified atom stereocenters. The van der Waals surface area contributed by atoms with Crippen LogP contribution >= 0.6 is 0 Å². The van der Waals surface area contributed by atoms with E-state index < -0.39 is 10.0 Å². The zero-order valence-corrected chi connectivity index (χ0v) is 13.1. The van der Waals surface area contributed by atoms with E-state index >= 15 is 0 Å².